The van der Waals surface area contributed by atoms with E-state index in [4.69, 9.17) is 11.6 Å². The molecular weight excluding hydrogens is 265 g/mol. The fourth-order valence-electron chi connectivity index (χ4n) is 3.51. The molecule has 2 heterocycles. The molecule has 0 saturated carbocycles. The van der Waals surface area contributed by atoms with Crippen LogP contribution in [0.15, 0.2) is 18.2 Å². The van der Waals surface area contributed by atoms with Crippen LogP contribution in [0.5, 0.6) is 0 Å². The molecule has 0 radical (unpaired) electrons. The van der Waals surface area contributed by atoms with Crippen molar-refractivity contribution in [1.82, 2.24) is 4.90 Å². The van der Waals surface area contributed by atoms with Gasteiger partial charge in [0, 0.05) is 24.0 Å². The predicted molar refractivity (Wildman–Crippen MR) is 73.9 cm³/mol. The highest BCUT2D eigenvalue weighted by atomic mass is 35.5. The summed E-state index contributed by atoms with van der Waals surface area (Å²) in [5.74, 6) is -0.290. The minimum absolute atomic E-state index is 0.290. The van der Waals surface area contributed by atoms with Crippen LogP contribution < -0.4 is 0 Å². The Bertz CT molecular complexity index is 481. The highest BCUT2D eigenvalue weighted by Gasteiger charge is 2.40. The number of rotatable bonds is 2. The number of halogens is 2. The molecule has 2 unspecified atom stereocenters. The molecule has 4 heteroatoms. The smallest absolute Gasteiger partial charge is 0.123 e. The van der Waals surface area contributed by atoms with Gasteiger partial charge < -0.3 is 10.0 Å². The van der Waals surface area contributed by atoms with Crippen molar-refractivity contribution in [3.05, 3.63) is 34.6 Å². The van der Waals surface area contributed by atoms with Crippen LogP contribution in [0.1, 0.15) is 31.2 Å². The monoisotopic (exact) mass is 283 g/mol. The van der Waals surface area contributed by atoms with E-state index in [0.717, 1.165) is 31.5 Å². The molecule has 0 aliphatic carbocycles. The van der Waals surface area contributed by atoms with Crippen LogP contribution >= 0.6 is 11.6 Å². The van der Waals surface area contributed by atoms with Crippen molar-refractivity contribution in [2.45, 2.75) is 43.7 Å². The Morgan fingerprint density at radius 2 is 2.26 bits per heavy atom. The number of fused-ring (bicyclic) bond motifs is 1. The minimum Gasteiger partial charge on any atom is -0.389 e. The molecule has 1 aromatic rings. The average molecular weight is 284 g/mol. The number of hydrogen-bond acceptors (Lipinski definition) is 2. The molecule has 3 rings (SSSR count). The summed E-state index contributed by atoms with van der Waals surface area (Å²) in [4.78, 5) is 2.46. The van der Waals surface area contributed by atoms with Crippen LogP contribution in [-0.4, -0.2) is 34.7 Å². The summed E-state index contributed by atoms with van der Waals surface area (Å²) in [7, 11) is 0. The lowest BCUT2D eigenvalue weighted by Crippen LogP contribution is -2.48. The first kappa shape index (κ1) is 13.3. The third kappa shape index (κ3) is 2.78. The predicted octanol–water partition coefficient (Wildman–Crippen LogP) is 3.01. The van der Waals surface area contributed by atoms with Crippen molar-refractivity contribution in [2.24, 2.45) is 0 Å². The van der Waals surface area contributed by atoms with Gasteiger partial charge in [-0.3, -0.25) is 0 Å². The van der Waals surface area contributed by atoms with E-state index in [9.17, 15) is 9.50 Å². The Morgan fingerprint density at radius 1 is 1.42 bits per heavy atom. The first-order chi connectivity index (χ1) is 9.06. The quantitative estimate of drug-likeness (QED) is 0.902. The number of hydrogen-bond donors (Lipinski definition) is 1. The van der Waals surface area contributed by atoms with Crippen molar-refractivity contribution in [2.75, 3.05) is 13.1 Å². The molecule has 2 aliphatic heterocycles. The number of aliphatic hydroxyl groups is 1. The normalized spacial score (nSPS) is 31.4. The highest BCUT2D eigenvalue weighted by Crippen LogP contribution is 2.36. The van der Waals surface area contributed by atoms with E-state index < -0.39 is 5.60 Å². The van der Waals surface area contributed by atoms with Gasteiger partial charge in [-0.05, 0) is 56.0 Å². The SMILES string of the molecule is OC1(Cc2cc(F)ccc2Cl)CCN2CCCC2C1. The Labute approximate surface area is 118 Å². The summed E-state index contributed by atoms with van der Waals surface area (Å²) in [6.45, 7) is 2.09. The zero-order chi connectivity index (χ0) is 13.5. The molecule has 104 valence electrons. The standard InChI is InChI=1S/C15H19ClFNO/c16-14-4-3-12(17)8-11(14)9-15(19)5-7-18-6-1-2-13(18)10-15/h3-4,8,13,19H,1-2,5-7,9-10H2. The number of benzene rings is 1. The maximum Gasteiger partial charge on any atom is 0.123 e. The van der Waals surface area contributed by atoms with Crippen LogP contribution in [0, 0.1) is 5.82 Å². The summed E-state index contributed by atoms with van der Waals surface area (Å²) in [6.07, 6.45) is 4.37. The highest BCUT2D eigenvalue weighted by molar-refractivity contribution is 6.31. The first-order valence-electron chi connectivity index (χ1n) is 6.96. The molecule has 1 aromatic carbocycles. The second-order valence-corrected chi connectivity index (χ2v) is 6.33. The van der Waals surface area contributed by atoms with Crippen LogP contribution in [0.25, 0.3) is 0 Å². The largest absolute Gasteiger partial charge is 0.389 e. The second kappa shape index (κ2) is 5.04. The van der Waals surface area contributed by atoms with E-state index in [1.165, 1.54) is 25.0 Å². The van der Waals surface area contributed by atoms with Crippen molar-refractivity contribution in [3.8, 4) is 0 Å². The van der Waals surface area contributed by atoms with Crippen LogP contribution in [-0.2, 0) is 6.42 Å². The maximum absolute atomic E-state index is 13.3. The Kier molecular flexibility index (Phi) is 3.54. The van der Waals surface area contributed by atoms with Gasteiger partial charge >= 0.3 is 0 Å². The topological polar surface area (TPSA) is 23.5 Å². The Balaban J connectivity index is 1.76. The summed E-state index contributed by atoms with van der Waals surface area (Å²) < 4.78 is 13.3. The lowest BCUT2D eigenvalue weighted by atomic mass is 9.82. The zero-order valence-corrected chi connectivity index (χ0v) is 11.7. The van der Waals surface area contributed by atoms with Crippen LogP contribution in [0.4, 0.5) is 4.39 Å². The lowest BCUT2D eigenvalue weighted by molar-refractivity contribution is -0.0354. The molecule has 2 fully saturated rings. The van der Waals surface area contributed by atoms with Gasteiger partial charge in [-0.1, -0.05) is 11.6 Å². The van der Waals surface area contributed by atoms with Gasteiger partial charge in [0.1, 0.15) is 5.82 Å². The fraction of sp³-hybridized carbons (Fsp3) is 0.600. The van der Waals surface area contributed by atoms with Gasteiger partial charge in [0.2, 0.25) is 0 Å². The van der Waals surface area contributed by atoms with E-state index in [1.54, 1.807) is 6.07 Å². The summed E-state index contributed by atoms with van der Waals surface area (Å²) in [5.41, 5.74) is -0.0150. The van der Waals surface area contributed by atoms with E-state index >= 15 is 0 Å². The molecule has 0 spiro atoms. The first-order valence-corrected chi connectivity index (χ1v) is 7.34. The van der Waals surface area contributed by atoms with E-state index in [0.29, 0.717) is 17.5 Å². The number of nitrogens with zero attached hydrogens (tertiary/aromatic N) is 1. The van der Waals surface area contributed by atoms with Crippen molar-refractivity contribution in [3.63, 3.8) is 0 Å². The average Bonchev–Trinajstić information content (AvgIpc) is 2.80. The Hall–Kier alpha value is -0.640. The summed E-state index contributed by atoms with van der Waals surface area (Å²) >= 11 is 6.10. The second-order valence-electron chi connectivity index (χ2n) is 5.92. The van der Waals surface area contributed by atoms with Gasteiger partial charge in [-0.15, -0.1) is 0 Å². The van der Waals surface area contributed by atoms with Crippen molar-refractivity contribution < 1.29 is 9.50 Å². The van der Waals surface area contributed by atoms with Gasteiger partial charge in [0.25, 0.3) is 0 Å². The molecule has 2 aliphatic rings. The fourth-order valence-corrected chi connectivity index (χ4v) is 3.69. The minimum atomic E-state index is -0.733. The van der Waals surface area contributed by atoms with E-state index in [-0.39, 0.29) is 5.82 Å². The number of piperidine rings is 1. The molecule has 2 nitrogen and oxygen atoms in total. The molecule has 0 bridgehead atoms. The third-order valence-electron chi connectivity index (χ3n) is 4.51. The molecule has 1 N–H and O–H groups in total. The van der Waals surface area contributed by atoms with Gasteiger partial charge in [0.05, 0.1) is 5.60 Å². The van der Waals surface area contributed by atoms with Crippen molar-refractivity contribution in [1.29, 1.82) is 0 Å². The third-order valence-corrected chi connectivity index (χ3v) is 4.88. The maximum atomic E-state index is 13.3. The molecule has 2 atom stereocenters. The molecule has 2 saturated heterocycles. The van der Waals surface area contributed by atoms with Gasteiger partial charge in [-0.25, -0.2) is 4.39 Å². The molecule has 0 amide bonds. The zero-order valence-electron chi connectivity index (χ0n) is 10.9. The molecule has 0 aromatic heterocycles. The van der Waals surface area contributed by atoms with Gasteiger partial charge in [-0.2, -0.15) is 0 Å². The van der Waals surface area contributed by atoms with Gasteiger partial charge in [0.15, 0.2) is 0 Å². The van der Waals surface area contributed by atoms with Crippen LogP contribution in [0.2, 0.25) is 5.02 Å². The van der Waals surface area contributed by atoms with Crippen LogP contribution in [0.3, 0.4) is 0 Å². The molecule has 19 heavy (non-hydrogen) atoms. The molecular formula is C15H19ClFNO. The van der Waals surface area contributed by atoms with Crippen molar-refractivity contribution >= 4 is 11.6 Å². The summed E-state index contributed by atoms with van der Waals surface area (Å²) in [5, 5.41) is 11.3. The lowest BCUT2D eigenvalue weighted by Gasteiger charge is -2.41. The van der Waals surface area contributed by atoms with E-state index in [1.807, 2.05) is 0 Å². The Morgan fingerprint density at radius 3 is 3.11 bits per heavy atom. The van der Waals surface area contributed by atoms with E-state index in [2.05, 4.69) is 4.90 Å². The summed E-state index contributed by atoms with van der Waals surface area (Å²) in [6, 6.07) is 4.86.